The third-order valence-corrected chi connectivity index (χ3v) is 2.74. The molecule has 1 N–H and O–H groups in total. The highest BCUT2D eigenvalue weighted by atomic mass is 79.9. The molecule has 16 heavy (non-hydrogen) atoms. The molecule has 0 aliphatic heterocycles. The number of aliphatic hydroxyl groups excluding tert-OH is 1. The lowest BCUT2D eigenvalue weighted by atomic mass is 10.3. The number of aromatic nitrogens is 2. The molecule has 0 amide bonds. The van der Waals surface area contributed by atoms with E-state index in [1.807, 2.05) is 13.0 Å². The average Bonchev–Trinajstić information content (AvgIpc) is 2.29. The molecule has 0 fully saturated rings. The summed E-state index contributed by atoms with van der Waals surface area (Å²) < 4.78 is 0.816. The molecule has 0 saturated heterocycles. The third-order valence-electron chi connectivity index (χ3n) is 2.34. The molecular weight excluding hydrogens is 270 g/mol. The first-order valence-corrected chi connectivity index (χ1v) is 6.39. The Balaban J connectivity index is 2.86. The minimum absolute atomic E-state index is 0.212. The van der Waals surface area contributed by atoms with E-state index in [2.05, 4.69) is 37.7 Å². The number of nitrogens with zero attached hydrogens (tertiary/aromatic N) is 3. The first-order valence-electron chi connectivity index (χ1n) is 5.60. The van der Waals surface area contributed by atoms with Crippen LogP contribution in [0.3, 0.4) is 0 Å². The van der Waals surface area contributed by atoms with E-state index in [0.29, 0.717) is 0 Å². The maximum Gasteiger partial charge on any atom is 0.133 e. The van der Waals surface area contributed by atoms with Gasteiger partial charge in [-0.1, -0.05) is 6.92 Å². The van der Waals surface area contributed by atoms with Crippen LogP contribution in [0, 0.1) is 0 Å². The molecule has 90 valence electrons. The van der Waals surface area contributed by atoms with Crippen LogP contribution in [0.4, 0.5) is 5.82 Å². The predicted molar refractivity (Wildman–Crippen MR) is 68.7 cm³/mol. The zero-order chi connectivity index (χ0) is 12.0. The van der Waals surface area contributed by atoms with Crippen molar-refractivity contribution in [3.63, 3.8) is 0 Å². The first-order chi connectivity index (χ1) is 7.71. The summed E-state index contributed by atoms with van der Waals surface area (Å²) in [6, 6.07) is 1.92. The van der Waals surface area contributed by atoms with E-state index in [0.717, 1.165) is 42.2 Å². The lowest BCUT2D eigenvalue weighted by Gasteiger charge is -2.21. The predicted octanol–water partition coefficient (Wildman–Crippen LogP) is 2.01. The molecule has 1 aromatic rings. The Morgan fingerprint density at radius 2 is 2.12 bits per heavy atom. The van der Waals surface area contributed by atoms with E-state index in [9.17, 15) is 0 Å². The Morgan fingerprint density at radius 1 is 1.38 bits per heavy atom. The highest BCUT2D eigenvalue weighted by Crippen LogP contribution is 2.17. The Labute approximate surface area is 105 Å². The van der Waals surface area contributed by atoms with Crippen molar-refractivity contribution in [1.82, 2.24) is 9.97 Å². The Kier molecular flexibility index (Phi) is 5.69. The topological polar surface area (TPSA) is 49.2 Å². The van der Waals surface area contributed by atoms with Gasteiger partial charge in [0.15, 0.2) is 0 Å². The lowest BCUT2D eigenvalue weighted by molar-refractivity contribution is 0.289. The van der Waals surface area contributed by atoms with Crippen LogP contribution >= 0.6 is 15.9 Å². The molecule has 1 heterocycles. The van der Waals surface area contributed by atoms with Crippen LogP contribution in [0.1, 0.15) is 26.1 Å². The second-order valence-electron chi connectivity index (χ2n) is 3.48. The summed E-state index contributed by atoms with van der Waals surface area (Å²) in [7, 11) is 0. The van der Waals surface area contributed by atoms with Crippen LogP contribution in [0.2, 0.25) is 0 Å². The molecule has 0 aliphatic carbocycles. The SMILES string of the molecule is CCc1nc(Br)cc(N(CC)CCCO)n1. The average molecular weight is 288 g/mol. The fourth-order valence-corrected chi connectivity index (χ4v) is 1.88. The van der Waals surface area contributed by atoms with Crippen LogP contribution in [-0.2, 0) is 6.42 Å². The normalized spacial score (nSPS) is 10.5. The highest BCUT2D eigenvalue weighted by molar-refractivity contribution is 9.10. The van der Waals surface area contributed by atoms with E-state index in [4.69, 9.17) is 5.11 Å². The molecule has 0 radical (unpaired) electrons. The summed E-state index contributed by atoms with van der Waals surface area (Å²) >= 11 is 3.39. The van der Waals surface area contributed by atoms with Gasteiger partial charge in [0.1, 0.15) is 16.2 Å². The number of rotatable bonds is 6. The van der Waals surface area contributed by atoms with Gasteiger partial charge in [0.05, 0.1) is 0 Å². The monoisotopic (exact) mass is 287 g/mol. The van der Waals surface area contributed by atoms with Crippen molar-refractivity contribution in [3.8, 4) is 0 Å². The fraction of sp³-hybridized carbons (Fsp3) is 0.636. The molecule has 0 bridgehead atoms. The number of hydrogen-bond acceptors (Lipinski definition) is 4. The van der Waals surface area contributed by atoms with Gasteiger partial charge < -0.3 is 10.0 Å². The van der Waals surface area contributed by atoms with Crippen LogP contribution in [-0.4, -0.2) is 34.8 Å². The van der Waals surface area contributed by atoms with Crippen molar-refractivity contribution in [2.75, 3.05) is 24.6 Å². The zero-order valence-electron chi connectivity index (χ0n) is 9.78. The number of hydrogen-bond donors (Lipinski definition) is 1. The molecule has 0 unspecified atom stereocenters. The smallest absolute Gasteiger partial charge is 0.133 e. The molecular formula is C11H18BrN3O. The number of halogens is 1. The second kappa shape index (κ2) is 6.81. The zero-order valence-corrected chi connectivity index (χ0v) is 11.4. The summed E-state index contributed by atoms with van der Waals surface area (Å²) in [4.78, 5) is 10.9. The molecule has 0 aromatic carbocycles. The first kappa shape index (κ1) is 13.4. The van der Waals surface area contributed by atoms with Crippen molar-refractivity contribution in [2.24, 2.45) is 0 Å². The molecule has 5 heteroatoms. The minimum atomic E-state index is 0.212. The third kappa shape index (κ3) is 3.72. The molecule has 4 nitrogen and oxygen atoms in total. The van der Waals surface area contributed by atoms with E-state index in [-0.39, 0.29) is 6.61 Å². The van der Waals surface area contributed by atoms with Gasteiger partial charge in [-0.05, 0) is 29.3 Å². The van der Waals surface area contributed by atoms with Crippen LogP contribution < -0.4 is 4.90 Å². The summed E-state index contributed by atoms with van der Waals surface area (Å²) in [5.74, 6) is 1.77. The maximum absolute atomic E-state index is 8.84. The Hall–Kier alpha value is -0.680. The number of aryl methyl sites for hydroxylation is 1. The molecule has 1 aromatic heterocycles. The largest absolute Gasteiger partial charge is 0.396 e. The van der Waals surface area contributed by atoms with Crippen LogP contribution in [0.25, 0.3) is 0 Å². The summed E-state index contributed by atoms with van der Waals surface area (Å²) in [5.41, 5.74) is 0. The van der Waals surface area contributed by atoms with Crippen LogP contribution in [0.5, 0.6) is 0 Å². The van der Waals surface area contributed by atoms with Gasteiger partial charge in [-0.25, -0.2) is 9.97 Å². The Morgan fingerprint density at radius 3 is 2.69 bits per heavy atom. The van der Waals surface area contributed by atoms with Crippen molar-refractivity contribution < 1.29 is 5.11 Å². The minimum Gasteiger partial charge on any atom is -0.396 e. The molecule has 0 atom stereocenters. The van der Waals surface area contributed by atoms with Gasteiger partial charge in [-0.2, -0.15) is 0 Å². The number of anilines is 1. The number of aliphatic hydroxyl groups is 1. The molecule has 0 saturated carbocycles. The maximum atomic E-state index is 8.84. The van der Waals surface area contributed by atoms with Gasteiger partial charge in [0, 0.05) is 32.2 Å². The summed E-state index contributed by atoms with van der Waals surface area (Å²) in [5, 5.41) is 8.84. The Bertz CT molecular complexity index is 333. The van der Waals surface area contributed by atoms with E-state index in [1.165, 1.54) is 0 Å². The van der Waals surface area contributed by atoms with E-state index < -0.39 is 0 Å². The summed E-state index contributed by atoms with van der Waals surface area (Å²) in [6.07, 6.45) is 1.58. The van der Waals surface area contributed by atoms with Gasteiger partial charge in [-0.3, -0.25) is 0 Å². The van der Waals surface area contributed by atoms with Gasteiger partial charge in [0.25, 0.3) is 0 Å². The van der Waals surface area contributed by atoms with Crippen molar-refractivity contribution >= 4 is 21.7 Å². The molecule has 0 spiro atoms. The van der Waals surface area contributed by atoms with E-state index in [1.54, 1.807) is 0 Å². The second-order valence-corrected chi connectivity index (χ2v) is 4.29. The lowest BCUT2D eigenvalue weighted by Crippen LogP contribution is -2.26. The highest BCUT2D eigenvalue weighted by Gasteiger charge is 2.08. The van der Waals surface area contributed by atoms with Crippen molar-refractivity contribution in [2.45, 2.75) is 26.7 Å². The standard InChI is InChI=1S/C11H18BrN3O/c1-3-10-13-9(12)8-11(14-10)15(4-2)6-5-7-16/h8,16H,3-7H2,1-2H3. The summed E-state index contributed by atoms with van der Waals surface area (Å²) in [6.45, 7) is 6.03. The molecule has 1 rings (SSSR count). The van der Waals surface area contributed by atoms with Gasteiger partial charge >= 0.3 is 0 Å². The van der Waals surface area contributed by atoms with Gasteiger partial charge in [0.2, 0.25) is 0 Å². The quantitative estimate of drug-likeness (QED) is 0.814. The van der Waals surface area contributed by atoms with Gasteiger partial charge in [-0.15, -0.1) is 0 Å². The van der Waals surface area contributed by atoms with Crippen molar-refractivity contribution in [1.29, 1.82) is 0 Å². The van der Waals surface area contributed by atoms with Crippen molar-refractivity contribution in [3.05, 3.63) is 16.5 Å². The van der Waals surface area contributed by atoms with E-state index >= 15 is 0 Å². The van der Waals surface area contributed by atoms with Crippen LogP contribution in [0.15, 0.2) is 10.7 Å². The fourth-order valence-electron chi connectivity index (χ4n) is 1.47. The molecule has 0 aliphatic rings.